The minimum Gasteiger partial charge on any atom is -0.481 e. The summed E-state index contributed by atoms with van der Waals surface area (Å²) in [6.45, 7) is 1.29. The summed E-state index contributed by atoms with van der Waals surface area (Å²) in [5.41, 5.74) is 0.842. The number of nitrogens with one attached hydrogen (secondary N) is 1. The summed E-state index contributed by atoms with van der Waals surface area (Å²) in [7, 11) is 0. The van der Waals surface area contributed by atoms with Crippen LogP contribution >= 0.6 is 0 Å². The standard InChI is InChI=1S/C18H23NO5/c1-11(17(21)22)15(18(23)24)19-16(20)14(13-9-5-6-10-13)12-7-3-2-4-8-12/h2-4,7-8,11,13-15H,5-6,9-10H2,1H3,(H,19,20)(H,21,22)(H,23,24). The van der Waals surface area contributed by atoms with Gasteiger partial charge in [0.1, 0.15) is 6.04 Å². The van der Waals surface area contributed by atoms with Crippen LogP contribution in [0.15, 0.2) is 30.3 Å². The van der Waals surface area contributed by atoms with Gasteiger partial charge in [-0.05, 0) is 31.2 Å². The fourth-order valence-corrected chi connectivity index (χ4v) is 3.37. The SMILES string of the molecule is CC(C(=O)O)C(NC(=O)C(c1ccccc1)C1CCCC1)C(=O)O. The zero-order chi connectivity index (χ0) is 17.7. The van der Waals surface area contributed by atoms with Crippen molar-refractivity contribution >= 4 is 17.8 Å². The third-order valence-corrected chi connectivity index (χ3v) is 4.77. The summed E-state index contributed by atoms with van der Waals surface area (Å²) in [5.74, 6) is -4.49. The predicted octanol–water partition coefficient (Wildman–Crippen LogP) is 2.25. The van der Waals surface area contributed by atoms with Gasteiger partial charge >= 0.3 is 11.9 Å². The maximum atomic E-state index is 12.8. The van der Waals surface area contributed by atoms with E-state index in [1.807, 2.05) is 30.3 Å². The highest BCUT2D eigenvalue weighted by molar-refractivity contribution is 5.91. The molecule has 24 heavy (non-hydrogen) atoms. The van der Waals surface area contributed by atoms with Gasteiger partial charge in [0.2, 0.25) is 5.91 Å². The molecule has 0 aromatic heterocycles. The zero-order valence-corrected chi connectivity index (χ0v) is 13.6. The van der Waals surface area contributed by atoms with Crippen molar-refractivity contribution < 1.29 is 24.6 Å². The molecule has 1 aliphatic carbocycles. The molecule has 2 rings (SSSR count). The number of amides is 1. The first-order chi connectivity index (χ1) is 11.4. The van der Waals surface area contributed by atoms with Crippen molar-refractivity contribution in [3.05, 3.63) is 35.9 Å². The van der Waals surface area contributed by atoms with Gasteiger partial charge in [0.15, 0.2) is 0 Å². The van der Waals surface area contributed by atoms with Gasteiger partial charge in [0.25, 0.3) is 0 Å². The summed E-state index contributed by atoms with van der Waals surface area (Å²) in [5, 5.41) is 20.8. The van der Waals surface area contributed by atoms with E-state index < -0.39 is 35.7 Å². The highest BCUT2D eigenvalue weighted by Crippen LogP contribution is 2.37. The summed E-state index contributed by atoms with van der Waals surface area (Å²) < 4.78 is 0. The van der Waals surface area contributed by atoms with Crippen molar-refractivity contribution in [2.45, 2.75) is 44.6 Å². The van der Waals surface area contributed by atoms with Crippen molar-refractivity contribution in [3.8, 4) is 0 Å². The average Bonchev–Trinajstić information content (AvgIpc) is 3.07. The van der Waals surface area contributed by atoms with Gasteiger partial charge in [-0.15, -0.1) is 0 Å². The Labute approximate surface area is 140 Å². The Kier molecular flexibility index (Phi) is 5.95. The molecule has 1 saturated carbocycles. The monoisotopic (exact) mass is 333 g/mol. The molecular weight excluding hydrogens is 310 g/mol. The van der Waals surface area contributed by atoms with E-state index in [-0.39, 0.29) is 5.92 Å². The van der Waals surface area contributed by atoms with Crippen LogP contribution in [-0.4, -0.2) is 34.1 Å². The molecule has 1 aliphatic rings. The molecule has 1 amide bonds. The Morgan fingerprint density at radius 1 is 1.04 bits per heavy atom. The topological polar surface area (TPSA) is 104 Å². The highest BCUT2D eigenvalue weighted by atomic mass is 16.4. The van der Waals surface area contributed by atoms with Crippen LogP contribution in [0, 0.1) is 11.8 Å². The van der Waals surface area contributed by atoms with Crippen molar-refractivity contribution in [1.29, 1.82) is 0 Å². The fourth-order valence-electron chi connectivity index (χ4n) is 3.37. The lowest BCUT2D eigenvalue weighted by Crippen LogP contribution is -2.49. The summed E-state index contributed by atoms with van der Waals surface area (Å²) >= 11 is 0. The van der Waals surface area contributed by atoms with Crippen LogP contribution in [0.5, 0.6) is 0 Å². The molecule has 0 saturated heterocycles. The average molecular weight is 333 g/mol. The van der Waals surface area contributed by atoms with E-state index in [1.165, 1.54) is 6.92 Å². The molecule has 6 heteroatoms. The van der Waals surface area contributed by atoms with Crippen molar-refractivity contribution in [1.82, 2.24) is 5.32 Å². The molecule has 0 heterocycles. The number of carboxylic acid groups (broad SMARTS) is 2. The minimum atomic E-state index is -1.44. The predicted molar refractivity (Wildman–Crippen MR) is 87.5 cm³/mol. The lowest BCUT2D eigenvalue weighted by Gasteiger charge is -2.26. The van der Waals surface area contributed by atoms with E-state index in [0.717, 1.165) is 31.2 Å². The highest BCUT2D eigenvalue weighted by Gasteiger charge is 2.37. The molecule has 0 spiro atoms. The second-order valence-corrected chi connectivity index (χ2v) is 6.38. The van der Waals surface area contributed by atoms with E-state index in [2.05, 4.69) is 5.32 Å². The number of aliphatic carboxylic acids is 2. The Bertz CT molecular complexity index is 595. The first-order valence-corrected chi connectivity index (χ1v) is 8.22. The Hall–Kier alpha value is -2.37. The van der Waals surface area contributed by atoms with Gasteiger partial charge in [-0.25, -0.2) is 4.79 Å². The molecule has 3 atom stereocenters. The van der Waals surface area contributed by atoms with E-state index in [0.29, 0.717) is 0 Å². The molecule has 1 aromatic rings. The molecule has 3 N–H and O–H groups in total. The maximum Gasteiger partial charge on any atom is 0.327 e. The van der Waals surface area contributed by atoms with Gasteiger partial charge in [0, 0.05) is 0 Å². The summed E-state index contributed by atoms with van der Waals surface area (Å²) in [6, 6.07) is 7.83. The maximum absolute atomic E-state index is 12.8. The van der Waals surface area contributed by atoms with Crippen LogP contribution < -0.4 is 5.32 Å². The number of carbonyl (C=O) groups is 3. The van der Waals surface area contributed by atoms with E-state index >= 15 is 0 Å². The first kappa shape index (κ1) is 18.0. The molecule has 0 aliphatic heterocycles. The molecule has 130 valence electrons. The van der Waals surface area contributed by atoms with Crippen LogP contribution in [0.25, 0.3) is 0 Å². The number of benzene rings is 1. The normalized spacial score (nSPS) is 18.5. The quantitative estimate of drug-likeness (QED) is 0.710. The van der Waals surface area contributed by atoms with Crippen LogP contribution in [0.4, 0.5) is 0 Å². The number of hydrogen-bond donors (Lipinski definition) is 3. The van der Waals surface area contributed by atoms with E-state index in [1.54, 1.807) is 0 Å². The van der Waals surface area contributed by atoms with Crippen molar-refractivity contribution in [2.24, 2.45) is 11.8 Å². The second-order valence-electron chi connectivity index (χ2n) is 6.38. The second kappa shape index (κ2) is 7.95. The Balaban J connectivity index is 2.23. The molecule has 6 nitrogen and oxygen atoms in total. The molecule has 0 bridgehead atoms. The summed E-state index contributed by atoms with van der Waals surface area (Å²) in [4.78, 5) is 35.3. The zero-order valence-electron chi connectivity index (χ0n) is 13.6. The lowest BCUT2D eigenvalue weighted by molar-refractivity contribution is -0.151. The van der Waals surface area contributed by atoms with E-state index in [4.69, 9.17) is 5.11 Å². The van der Waals surface area contributed by atoms with Gasteiger partial charge in [-0.1, -0.05) is 43.2 Å². The van der Waals surface area contributed by atoms with Gasteiger partial charge in [-0.3, -0.25) is 9.59 Å². The molecule has 1 fully saturated rings. The molecule has 3 unspecified atom stereocenters. The fraction of sp³-hybridized carbons (Fsp3) is 0.500. The third-order valence-electron chi connectivity index (χ3n) is 4.77. The van der Waals surface area contributed by atoms with Gasteiger partial charge in [-0.2, -0.15) is 0 Å². The minimum absolute atomic E-state index is 0.155. The first-order valence-electron chi connectivity index (χ1n) is 8.22. The smallest absolute Gasteiger partial charge is 0.327 e. The van der Waals surface area contributed by atoms with Crippen LogP contribution in [0.3, 0.4) is 0 Å². The van der Waals surface area contributed by atoms with Gasteiger partial charge < -0.3 is 15.5 Å². The van der Waals surface area contributed by atoms with Crippen LogP contribution in [-0.2, 0) is 14.4 Å². The van der Waals surface area contributed by atoms with Crippen molar-refractivity contribution in [2.75, 3.05) is 0 Å². The Morgan fingerprint density at radius 3 is 2.12 bits per heavy atom. The third kappa shape index (κ3) is 4.13. The number of carbonyl (C=O) groups excluding carboxylic acids is 1. The largest absolute Gasteiger partial charge is 0.481 e. The molecule has 0 radical (unpaired) electrons. The number of hydrogen-bond acceptors (Lipinski definition) is 3. The van der Waals surface area contributed by atoms with Crippen LogP contribution in [0.1, 0.15) is 44.1 Å². The summed E-state index contributed by atoms with van der Waals surface area (Å²) in [6.07, 6.45) is 3.93. The Morgan fingerprint density at radius 2 is 1.62 bits per heavy atom. The van der Waals surface area contributed by atoms with E-state index in [9.17, 15) is 19.5 Å². The molecular formula is C18H23NO5. The van der Waals surface area contributed by atoms with Crippen LogP contribution in [0.2, 0.25) is 0 Å². The lowest BCUT2D eigenvalue weighted by atomic mass is 9.83. The number of carboxylic acids is 2. The van der Waals surface area contributed by atoms with Gasteiger partial charge in [0.05, 0.1) is 11.8 Å². The number of rotatable bonds is 7. The van der Waals surface area contributed by atoms with Crippen molar-refractivity contribution in [3.63, 3.8) is 0 Å². The molecule has 1 aromatic carbocycles.